The van der Waals surface area contributed by atoms with Crippen molar-refractivity contribution >= 4 is 28.6 Å². The molecule has 0 N–H and O–H groups in total. The van der Waals surface area contributed by atoms with Gasteiger partial charge in [0.15, 0.2) is 5.65 Å². The summed E-state index contributed by atoms with van der Waals surface area (Å²) in [6.45, 7) is 2.05. The van der Waals surface area contributed by atoms with Gasteiger partial charge in [-0.3, -0.25) is 4.98 Å². The molecule has 1 aliphatic rings. The number of rotatable bonds is 2. The average Bonchev–Trinajstić information content (AvgIpc) is 2.47. The van der Waals surface area contributed by atoms with E-state index < -0.39 is 0 Å². The fourth-order valence-electron chi connectivity index (χ4n) is 2.34. The lowest BCUT2D eigenvalue weighted by Crippen LogP contribution is -2.34. The molecule has 0 saturated carbocycles. The molecule has 2 aromatic rings. The maximum atomic E-state index is 5.90. The lowest BCUT2D eigenvalue weighted by atomic mass is 9.99. The van der Waals surface area contributed by atoms with E-state index in [4.69, 9.17) is 11.6 Å². The Morgan fingerprint density at radius 1 is 1.17 bits per heavy atom. The normalized spacial score (nSPS) is 17.3. The summed E-state index contributed by atoms with van der Waals surface area (Å²) < 4.78 is 0. The summed E-state index contributed by atoms with van der Waals surface area (Å²) in [7, 11) is 0. The first kappa shape index (κ1) is 11.7. The van der Waals surface area contributed by atoms with Crippen LogP contribution in [0.5, 0.6) is 0 Å². The molecule has 5 heteroatoms. The van der Waals surface area contributed by atoms with Gasteiger partial charge in [0.25, 0.3) is 0 Å². The van der Waals surface area contributed by atoms with Crippen molar-refractivity contribution in [2.75, 3.05) is 23.9 Å². The van der Waals surface area contributed by atoms with E-state index in [2.05, 4.69) is 19.9 Å². The summed E-state index contributed by atoms with van der Waals surface area (Å²) in [5.41, 5.74) is 1.56. The third kappa shape index (κ3) is 2.25. The van der Waals surface area contributed by atoms with E-state index in [0.717, 1.165) is 48.8 Å². The van der Waals surface area contributed by atoms with Gasteiger partial charge in [0.2, 0.25) is 0 Å². The number of anilines is 1. The van der Waals surface area contributed by atoms with E-state index in [-0.39, 0.29) is 0 Å². The van der Waals surface area contributed by atoms with Gasteiger partial charge in [0, 0.05) is 31.4 Å². The van der Waals surface area contributed by atoms with Crippen LogP contribution in [-0.2, 0) is 0 Å². The van der Waals surface area contributed by atoms with Crippen LogP contribution in [0, 0.1) is 5.92 Å². The summed E-state index contributed by atoms with van der Waals surface area (Å²) in [6.07, 6.45) is 5.65. The van der Waals surface area contributed by atoms with Gasteiger partial charge in [-0.2, -0.15) is 0 Å². The van der Waals surface area contributed by atoms with Gasteiger partial charge in [0.05, 0.1) is 0 Å². The van der Waals surface area contributed by atoms with E-state index in [1.807, 2.05) is 12.1 Å². The molecule has 1 saturated heterocycles. The molecule has 1 fully saturated rings. The quantitative estimate of drug-likeness (QED) is 0.780. The highest BCUT2D eigenvalue weighted by Gasteiger charge is 2.19. The molecular formula is C13H15ClN4. The van der Waals surface area contributed by atoms with Crippen molar-refractivity contribution in [3.05, 3.63) is 24.5 Å². The second kappa shape index (κ2) is 5.06. The summed E-state index contributed by atoms with van der Waals surface area (Å²) in [6, 6.07) is 4.01. The van der Waals surface area contributed by atoms with E-state index in [1.54, 1.807) is 12.4 Å². The van der Waals surface area contributed by atoms with Crippen LogP contribution < -0.4 is 4.90 Å². The molecule has 18 heavy (non-hydrogen) atoms. The van der Waals surface area contributed by atoms with Crippen LogP contribution in [0.15, 0.2) is 24.5 Å². The monoisotopic (exact) mass is 262 g/mol. The molecular weight excluding hydrogens is 248 g/mol. The zero-order valence-electron chi connectivity index (χ0n) is 10.1. The molecule has 0 unspecified atom stereocenters. The van der Waals surface area contributed by atoms with Crippen molar-refractivity contribution in [3.63, 3.8) is 0 Å². The van der Waals surface area contributed by atoms with E-state index in [1.165, 1.54) is 0 Å². The topological polar surface area (TPSA) is 41.9 Å². The predicted molar refractivity (Wildman–Crippen MR) is 73.0 cm³/mol. The SMILES string of the molecule is ClCC1CCN(c2ccc3nccnc3n2)CC1. The maximum absolute atomic E-state index is 5.90. The minimum atomic E-state index is 0.656. The number of nitrogens with zero attached hydrogens (tertiary/aromatic N) is 4. The number of hydrogen-bond donors (Lipinski definition) is 0. The third-order valence-corrected chi connectivity index (χ3v) is 3.91. The number of alkyl halides is 1. The Bertz CT molecular complexity index is 537. The first-order chi connectivity index (χ1) is 8.86. The van der Waals surface area contributed by atoms with Crippen LogP contribution >= 0.6 is 11.6 Å². The fourth-order valence-corrected chi connectivity index (χ4v) is 2.65. The highest BCUT2D eigenvalue weighted by molar-refractivity contribution is 6.18. The first-order valence-electron chi connectivity index (χ1n) is 6.25. The zero-order valence-corrected chi connectivity index (χ0v) is 10.8. The molecule has 1 aliphatic heterocycles. The summed E-state index contributed by atoms with van der Waals surface area (Å²) in [5.74, 6) is 2.42. The Hall–Kier alpha value is -1.42. The minimum Gasteiger partial charge on any atom is -0.357 e. The predicted octanol–water partition coefficient (Wildman–Crippen LogP) is 2.48. The fraction of sp³-hybridized carbons (Fsp3) is 0.462. The van der Waals surface area contributed by atoms with Crippen molar-refractivity contribution in [2.24, 2.45) is 5.92 Å². The average molecular weight is 263 g/mol. The Morgan fingerprint density at radius 3 is 2.72 bits per heavy atom. The van der Waals surface area contributed by atoms with Crippen LogP contribution in [0.2, 0.25) is 0 Å². The highest BCUT2D eigenvalue weighted by atomic mass is 35.5. The minimum absolute atomic E-state index is 0.656. The van der Waals surface area contributed by atoms with Crippen LogP contribution in [-0.4, -0.2) is 33.9 Å². The molecule has 94 valence electrons. The molecule has 0 atom stereocenters. The van der Waals surface area contributed by atoms with E-state index in [9.17, 15) is 0 Å². The van der Waals surface area contributed by atoms with E-state index >= 15 is 0 Å². The van der Waals surface area contributed by atoms with Crippen LogP contribution in [0.4, 0.5) is 5.82 Å². The van der Waals surface area contributed by atoms with Gasteiger partial charge in [0.1, 0.15) is 11.3 Å². The first-order valence-corrected chi connectivity index (χ1v) is 6.79. The Morgan fingerprint density at radius 2 is 1.94 bits per heavy atom. The lowest BCUT2D eigenvalue weighted by Gasteiger charge is -2.31. The number of aromatic nitrogens is 3. The van der Waals surface area contributed by atoms with Crippen LogP contribution in [0.25, 0.3) is 11.2 Å². The number of halogens is 1. The van der Waals surface area contributed by atoms with Gasteiger partial charge < -0.3 is 4.90 Å². The second-order valence-electron chi connectivity index (χ2n) is 4.65. The molecule has 3 rings (SSSR count). The molecule has 4 nitrogen and oxygen atoms in total. The third-order valence-electron chi connectivity index (χ3n) is 3.47. The Labute approximate surface area is 111 Å². The van der Waals surface area contributed by atoms with Gasteiger partial charge in [-0.25, -0.2) is 9.97 Å². The Kier molecular flexibility index (Phi) is 3.28. The summed E-state index contributed by atoms with van der Waals surface area (Å²) in [5, 5.41) is 0. The van der Waals surface area contributed by atoms with Crippen LogP contribution in [0.1, 0.15) is 12.8 Å². The van der Waals surface area contributed by atoms with E-state index in [0.29, 0.717) is 5.92 Å². The number of piperidine rings is 1. The van der Waals surface area contributed by atoms with Crippen molar-refractivity contribution in [2.45, 2.75) is 12.8 Å². The smallest absolute Gasteiger partial charge is 0.180 e. The van der Waals surface area contributed by atoms with Crippen molar-refractivity contribution in [1.29, 1.82) is 0 Å². The van der Waals surface area contributed by atoms with Gasteiger partial charge >= 0.3 is 0 Å². The largest absolute Gasteiger partial charge is 0.357 e. The molecule has 0 bridgehead atoms. The molecule has 0 aromatic carbocycles. The van der Waals surface area contributed by atoms with Crippen molar-refractivity contribution in [1.82, 2.24) is 15.0 Å². The second-order valence-corrected chi connectivity index (χ2v) is 4.96. The number of pyridine rings is 1. The van der Waals surface area contributed by atoms with Crippen molar-refractivity contribution in [3.8, 4) is 0 Å². The standard InChI is InChI=1S/C13H15ClN4/c14-9-10-3-7-18(8-4-10)12-2-1-11-13(17-12)16-6-5-15-11/h1-2,5-6,10H,3-4,7-9H2. The van der Waals surface area contributed by atoms with Gasteiger partial charge in [-0.05, 0) is 30.9 Å². The highest BCUT2D eigenvalue weighted by Crippen LogP contribution is 2.23. The molecule has 0 spiro atoms. The Balaban J connectivity index is 1.82. The van der Waals surface area contributed by atoms with Crippen molar-refractivity contribution < 1.29 is 0 Å². The molecule has 3 heterocycles. The number of hydrogen-bond acceptors (Lipinski definition) is 4. The van der Waals surface area contributed by atoms with Gasteiger partial charge in [-0.15, -0.1) is 11.6 Å². The molecule has 0 radical (unpaired) electrons. The lowest BCUT2D eigenvalue weighted by molar-refractivity contribution is 0.441. The molecule has 0 amide bonds. The number of fused-ring (bicyclic) bond motifs is 1. The summed E-state index contributed by atoms with van der Waals surface area (Å²) in [4.78, 5) is 15.4. The maximum Gasteiger partial charge on any atom is 0.180 e. The molecule has 2 aromatic heterocycles. The summed E-state index contributed by atoms with van der Waals surface area (Å²) >= 11 is 5.90. The van der Waals surface area contributed by atoms with Gasteiger partial charge in [-0.1, -0.05) is 0 Å². The van der Waals surface area contributed by atoms with Crippen LogP contribution in [0.3, 0.4) is 0 Å². The molecule has 0 aliphatic carbocycles. The zero-order chi connectivity index (χ0) is 12.4.